The minimum absolute atomic E-state index is 0.0455. The molecular weight excluding hydrogens is 739 g/mol. The predicted octanol–water partition coefficient (Wildman–Crippen LogP) is 11.9. The van der Waals surface area contributed by atoms with Crippen LogP contribution in [0.2, 0.25) is 0 Å². The highest BCUT2D eigenvalue weighted by atomic mass is 31.2. The second-order valence-corrected chi connectivity index (χ2v) is 14.7. The van der Waals surface area contributed by atoms with Crippen molar-refractivity contribution in [2.75, 3.05) is 13.2 Å². The third kappa shape index (κ3) is 43.4. The molecule has 0 fully saturated rings. The molecule has 57 heavy (non-hydrogen) atoms. The second kappa shape index (κ2) is 40.6. The summed E-state index contributed by atoms with van der Waals surface area (Å²) in [5.74, 6) is -1.12. The van der Waals surface area contributed by atoms with Gasteiger partial charge in [0, 0.05) is 12.8 Å². The van der Waals surface area contributed by atoms with Crippen LogP contribution in [0.15, 0.2) is 122 Å². The summed E-state index contributed by atoms with van der Waals surface area (Å²) in [6.45, 7) is 3.34. The van der Waals surface area contributed by atoms with Gasteiger partial charge in [0.25, 0.3) is 0 Å². The maximum absolute atomic E-state index is 12.4. The summed E-state index contributed by atoms with van der Waals surface area (Å²) in [6, 6.07) is 0. The Balaban J connectivity index is 4.24. The fourth-order valence-electron chi connectivity index (χ4n) is 4.93. The molecule has 0 aromatic heterocycles. The summed E-state index contributed by atoms with van der Waals surface area (Å²) in [7, 11) is -4.81. The average Bonchev–Trinajstić information content (AvgIpc) is 3.18. The monoisotopic (exact) mass is 812 g/mol. The van der Waals surface area contributed by atoms with Gasteiger partial charge in [-0.1, -0.05) is 155 Å². The number of esters is 2. The van der Waals surface area contributed by atoms with E-state index in [0.29, 0.717) is 19.3 Å². The van der Waals surface area contributed by atoms with Crippen molar-refractivity contribution >= 4 is 19.8 Å². The second-order valence-electron chi connectivity index (χ2n) is 13.4. The first-order valence-corrected chi connectivity index (χ1v) is 22.5. The Labute approximate surface area is 344 Å². The number of aliphatic hydroxyl groups is 1. The van der Waals surface area contributed by atoms with E-state index >= 15 is 0 Å². The van der Waals surface area contributed by atoms with E-state index in [1.165, 1.54) is 25.7 Å². The number of carbonyl (C=O) groups is 2. The van der Waals surface area contributed by atoms with Crippen LogP contribution in [0.4, 0.5) is 0 Å². The van der Waals surface area contributed by atoms with Gasteiger partial charge in [-0.2, -0.15) is 0 Å². The number of unbranched alkanes of at least 4 members (excludes halogenated alkanes) is 6. The van der Waals surface area contributed by atoms with Gasteiger partial charge in [0.1, 0.15) is 6.61 Å². The molecule has 0 heterocycles. The Morgan fingerprint density at radius 1 is 0.561 bits per heavy atom. The number of aliphatic hydroxyl groups excluding tert-OH is 1. The average molecular weight is 813 g/mol. The number of carbonyl (C=O) groups excluding carboxylic acids is 2. The first-order valence-electron chi connectivity index (χ1n) is 20.9. The molecule has 0 aliphatic rings. The summed E-state index contributed by atoms with van der Waals surface area (Å²) >= 11 is 0. The molecule has 0 radical (unpaired) electrons. The molecule has 3 N–H and O–H groups in total. The van der Waals surface area contributed by atoms with E-state index in [-0.39, 0.29) is 19.4 Å². The van der Waals surface area contributed by atoms with Crippen molar-refractivity contribution < 1.29 is 43.0 Å². The predicted molar refractivity (Wildman–Crippen MR) is 235 cm³/mol. The molecule has 0 aromatic carbocycles. The Morgan fingerprint density at radius 3 is 1.65 bits per heavy atom. The summed E-state index contributed by atoms with van der Waals surface area (Å²) in [5.41, 5.74) is 0. The van der Waals surface area contributed by atoms with Crippen LogP contribution in [-0.2, 0) is 28.2 Å². The van der Waals surface area contributed by atoms with E-state index < -0.39 is 38.6 Å². The molecule has 2 atom stereocenters. The number of phosphoric acid groups is 1. The first-order chi connectivity index (χ1) is 27.7. The zero-order valence-electron chi connectivity index (χ0n) is 34.8. The molecule has 0 aromatic rings. The normalized spacial score (nSPS) is 14.3. The van der Waals surface area contributed by atoms with Crippen LogP contribution in [0.25, 0.3) is 0 Å². The highest BCUT2D eigenvalue weighted by Crippen LogP contribution is 2.36. The minimum atomic E-state index is -4.81. The highest BCUT2D eigenvalue weighted by Gasteiger charge is 2.22. The third-order valence-electron chi connectivity index (χ3n) is 8.06. The molecule has 0 saturated carbocycles. The number of phosphoric ester groups is 1. The van der Waals surface area contributed by atoms with Crippen LogP contribution < -0.4 is 0 Å². The summed E-state index contributed by atoms with van der Waals surface area (Å²) in [6.07, 6.45) is 55.2. The lowest BCUT2D eigenvalue weighted by Gasteiger charge is -2.18. The SMILES string of the molecule is CC/C=C\C/C=C\C/C=C\C/C=C\C=C/C(O)C/C=C\CCC(=O)OC[C@H](COP(=O)(O)O)OC(=O)CCCCC/C=C\C/C=C\C/C=C\C/C=C\CCCCC. The maximum Gasteiger partial charge on any atom is 0.469 e. The van der Waals surface area contributed by atoms with Gasteiger partial charge in [0.05, 0.1) is 12.7 Å². The van der Waals surface area contributed by atoms with Crippen molar-refractivity contribution in [3.63, 3.8) is 0 Å². The van der Waals surface area contributed by atoms with Crippen molar-refractivity contribution in [3.8, 4) is 0 Å². The standard InChI is InChI=1S/C47H73O9P/c1-3-5-7-9-11-13-15-17-18-19-20-21-22-24-26-28-30-32-36-41-47(50)56-45(43-55-57(51,52)53)42-54-46(49)40-37-33-35-39-44(48)38-34-31-29-27-25-23-16-14-12-10-8-6-4-2/h6,8,11-14,17-18,20-21,23-26,29,31,33-35,38,44-45,48H,3-5,7,9-10,15-16,19,22,27-28,30,32,36-37,39-43H2,1-2H3,(H2,51,52,53)/b8-6-,13-11-,14-12-,18-17-,21-20-,25-23-,26-24-,31-29-,35-33-,38-34-/t44?,45-/m1/s1. The number of rotatable bonds is 36. The molecule has 0 saturated heterocycles. The smallest absolute Gasteiger partial charge is 0.462 e. The fourth-order valence-corrected chi connectivity index (χ4v) is 5.30. The molecule has 0 amide bonds. The van der Waals surface area contributed by atoms with Crippen molar-refractivity contribution in [2.45, 2.75) is 148 Å². The number of hydrogen-bond donors (Lipinski definition) is 3. The molecule has 9 nitrogen and oxygen atoms in total. The minimum Gasteiger partial charge on any atom is -0.462 e. The number of hydrogen-bond acceptors (Lipinski definition) is 7. The zero-order valence-corrected chi connectivity index (χ0v) is 35.7. The van der Waals surface area contributed by atoms with E-state index in [1.807, 2.05) is 12.2 Å². The summed E-state index contributed by atoms with van der Waals surface area (Å²) in [5, 5.41) is 10.1. The van der Waals surface area contributed by atoms with Crippen LogP contribution in [0.3, 0.4) is 0 Å². The molecule has 0 rings (SSSR count). The highest BCUT2D eigenvalue weighted by molar-refractivity contribution is 7.46. The molecule has 1 unspecified atom stereocenters. The third-order valence-corrected chi connectivity index (χ3v) is 8.54. The summed E-state index contributed by atoms with van der Waals surface area (Å²) in [4.78, 5) is 42.8. The van der Waals surface area contributed by atoms with Crippen molar-refractivity contribution in [1.82, 2.24) is 0 Å². The van der Waals surface area contributed by atoms with Crippen molar-refractivity contribution in [1.29, 1.82) is 0 Å². The van der Waals surface area contributed by atoms with Gasteiger partial charge in [0.2, 0.25) is 0 Å². The molecule has 10 heteroatoms. The maximum atomic E-state index is 12.4. The van der Waals surface area contributed by atoms with Crippen LogP contribution in [-0.4, -0.2) is 52.3 Å². The first kappa shape index (κ1) is 53.4. The molecular formula is C47H73O9P. The fraction of sp³-hybridized carbons (Fsp3) is 0.532. The van der Waals surface area contributed by atoms with Crippen LogP contribution in [0, 0.1) is 0 Å². The lowest BCUT2D eigenvalue weighted by Crippen LogP contribution is -2.29. The van der Waals surface area contributed by atoms with E-state index in [0.717, 1.165) is 64.2 Å². The molecule has 0 bridgehead atoms. The van der Waals surface area contributed by atoms with Gasteiger partial charge in [0.15, 0.2) is 6.10 Å². The van der Waals surface area contributed by atoms with Gasteiger partial charge >= 0.3 is 19.8 Å². The quantitative estimate of drug-likeness (QED) is 0.0185. The Hall–Kier alpha value is -3.59. The molecule has 0 spiro atoms. The van der Waals surface area contributed by atoms with Crippen LogP contribution in [0.1, 0.15) is 136 Å². The zero-order chi connectivity index (χ0) is 41.9. The number of allylic oxidation sites excluding steroid dienone is 18. The number of ether oxygens (including phenoxy) is 2. The largest absolute Gasteiger partial charge is 0.469 e. The van der Waals surface area contributed by atoms with Gasteiger partial charge < -0.3 is 24.4 Å². The van der Waals surface area contributed by atoms with Crippen LogP contribution >= 0.6 is 7.82 Å². The van der Waals surface area contributed by atoms with Gasteiger partial charge in [-0.15, -0.1) is 0 Å². The van der Waals surface area contributed by atoms with Crippen molar-refractivity contribution in [3.05, 3.63) is 122 Å². The van der Waals surface area contributed by atoms with Gasteiger partial charge in [-0.05, 0) is 89.9 Å². The Morgan fingerprint density at radius 2 is 1.09 bits per heavy atom. The van der Waals surface area contributed by atoms with Gasteiger partial charge in [-0.3, -0.25) is 14.1 Å². The van der Waals surface area contributed by atoms with Crippen LogP contribution in [0.5, 0.6) is 0 Å². The molecule has 0 aliphatic heterocycles. The molecule has 320 valence electrons. The van der Waals surface area contributed by atoms with E-state index in [4.69, 9.17) is 19.3 Å². The lowest BCUT2D eigenvalue weighted by atomic mass is 10.1. The Bertz CT molecular complexity index is 1340. The van der Waals surface area contributed by atoms with Crippen molar-refractivity contribution in [2.24, 2.45) is 0 Å². The van der Waals surface area contributed by atoms with E-state index in [2.05, 4.69) is 103 Å². The summed E-state index contributed by atoms with van der Waals surface area (Å²) < 4.78 is 26.2. The Kier molecular flexibility index (Phi) is 38.0. The van der Waals surface area contributed by atoms with Gasteiger partial charge in [-0.25, -0.2) is 4.57 Å². The lowest BCUT2D eigenvalue weighted by molar-refractivity contribution is -0.161. The van der Waals surface area contributed by atoms with E-state index in [9.17, 15) is 19.3 Å². The van der Waals surface area contributed by atoms with E-state index in [1.54, 1.807) is 24.3 Å². The molecule has 0 aliphatic carbocycles. The topological polar surface area (TPSA) is 140 Å².